The molecule has 2 heterocycles. The molecule has 1 aliphatic heterocycles. The van der Waals surface area contributed by atoms with Crippen LogP contribution in [0, 0.1) is 22.7 Å². The molecule has 9 nitrogen and oxygen atoms in total. The van der Waals surface area contributed by atoms with Gasteiger partial charge >= 0.3 is 6.18 Å². The highest BCUT2D eigenvalue weighted by atomic mass is 32.2. The standard InChI is InChI=1S/C18H14F3N5O4S/c19-18(20,21)12-1-2-14(11(3-12)4-22)31(29)26-8-15(17(28,9-26)10-27)30-13-6-24-16(5-23)25-7-13/h1-3,6-7,15,27-28H,8-10H2/t15-,17?,31?/m0/s1. The van der Waals surface area contributed by atoms with Crippen molar-refractivity contribution in [1.82, 2.24) is 14.3 Å². The summed E-state index contributed by atoms with van der Waals surface area (Å²) in [5.41, 5.74) is -3.34. The number of ether oxygens (including phenoxy) is 1. The Hall–Kier alpha value is -3.10. The van der Waals surface area contributed by atoms with E-state index in [0.717, 1.165) is 6.07 Å². The molecule has 1 fully saturated rings. The molecule has 13 heteroatoms. The first-order chi connectivity index (χ1) is 14.6. The molecule has 2 unspecified atom stereocenters. The van der Waals surface area contributed by atoms with Crippen molar-refractivity contribution in [2.45, 2.75) is 22.8 Å². The minimum atomic E-state index is -4.67. The van der Waals surface area contributed by atoms with E-state index >= 15 is 0 Å². The topological polar surface area (TPSA) is 143 Å². The molecule has 31 heavy (non-hydrogen) atoms. The van der Waals surface area contributed by atoms with E-state index in [1.807, 2.05) is 0 Å². The van der Waals surface area contributed by atoms with Gasteiger partial charge in [0.05, 0.1) is 41.6 Å². The van der Waals surface area contributed by atoms with Gasteiger partial charge in [0.1, 0.15) is 34.8 Å². The van der Waals surface area contributed by atoms with Crippen molar-refractivity contribution >= 4 is 11.0 Å². The highest BCUT2D eigenvalue weighted by Crippen LogP contribution is 2.33. The average molecular weight is 453 g/mol. The molecule has 0 spiro atoms. The smallest absolute Gasteiger partial charge is 0.416 e. The quantitative estimate of drug-likeness (QED) is 0.675. The van der Waals surface area contributed by atoms with Crippen molar-refractivity contribution < 1.29 is 32.3 Å². The monoisotopic (exact) mass is 453 g/mol. The number of nitrogens with zero attached hydrogens (tertiary/aromatic N) is 5. The lowest BCUT2D eigenvalue weighted by atomic mass is 10.0. The number of hydrogen-bond donors (Lipinski definition) is 2. The largest absolute Gasteiger partial charge is 0.483 e. The Bertz CT molecular complexity index is 1080. The Morgan fingerprint density at radius 1 is 1.29 bits per heavy atom. The normalized spacial score (nSPS) is 22.5. The summed E-state index contributed by atoms with van der Waals surface area (Å²) in [6.07, 6.45) is -3.39. The fourth-order valence-corrected chi connectivity index (χ4v) is 4.30. The minimum Gasteiger partial charge on any atom is -0.483 e. The molecule has 2 N–H and O–H groups in total. The molecule has 1 aromatic heterocycles. The van der Waals surface area contributed by atoms with Crippen LogP contribution in [0.3, 0.4) is 0 Å². The summed E-state index contributed by atoms with van der Waals surface area (Å²) in [5.74, 6) is -0.0268. The molecular formula is C18H14F3N5O4S. The summed E-state index contributed by atoms with van der Waals surface area (Å²) in [4.78, 5) is 7.28. The number of rotatable bonds is 5. The van der Waals surface area contributed by atoms with Crippen LogP contribution in [0.4, 0.5) is 13.2 Å². The molecule has 3 atom stereocenters. The summed E-state index contributed by atoms with van der Waals surface area (Å²) < 4.78 is 58.4. The second-order valence-electron chi connectivity index (χ2n) is 6.61. The first kappa shape index (κ1) is 22.6. The first-order valence-electron chi connectivity index (χ1n) is 8.61. The number of halogens is 3. The SMILES string of the molecule is N#Cc1ncc(O[C@H]2CN(S(=O)c3ccc(C(F)(F)F)cc3C#N)CC2(O)CO)cn1. The van der Waals surface area contributed by atoms with E-state index in [2.05, 4.69) is 9.97 Å². The number of aliphatic hydroxyl groups is 2. The molecule has 1 saturated heterocycles. The van der Waals surface area contributed by atoms with Gasteiger partial charge in [0, 0.05) is 6.54 Å². The number of β-amino-alcohol motifs (C(OH)–C–C–N with tert-alkyl or cyclic N) is 1. The van der Waals surface area contributed by atoms with Crippen molar-refractivity contribution in [2.75, 3.05) is 19.7 Å². The molecule has 162 valence electrons. The maximum Gasteiger partial charge on any atom is 0.416 e. The summed E-state index contributed by atoms with van der Waals surface area (Å²) in [6, 6.07) is 5.59. The van der Waals surface area contributed by atoms with Gasteiger partial charge in [0.15, 0.2) is 5.75 Å². The van der Waals surface area contributed by atoms with E-state index in [-0.39, 0.29) is 29.6 Å². The molecule has 1 aromatic carbocycles. The molecular weight excluding hydrogens is 439 g/mol. The highest BCUT2D eigenvalue weighted by Gasteiger charge is 2.49. The number of hydrogen-bond acceptors (Lipinski definition) is 8. The molecule has 0 radical (unpaired) electrons. The van der Waals surface area contributed by atoms with E-state index < -0.39 is 46.6 Å². The van der Waals surface area contributed by atoms with Gasteiger partial charge in [-0.15, -0.1) is 0 Å². The van der Waals surface area contributed by atoms with Crippen LogP contribution < -0.4 is 4.74 Å². The Morgan fingerprint density at radius 2 is 1.97 bits per heavy atom. The third-order valence-electron chi connectivity index (χ3n) is 4.55. The van der Waals surface area contributed by atoms with Crippen molar-refractivity contribution in [3.8, 4) is 17.9 Å². The van der Waals surface area contributed by atoms with Gasteiger partial charge in [-0.25, -0.2) is 18.5 Å². The number of aliphatic hydroxyl groups excluding tert-OH is 1. The molecule has 0 amide bonds. The molecule has 0 bridgehead atoms. The second-order valence-corrected chi connectivity index (χ2v) is 8.07. The van der Waals surface area contributed by atoms with Crippen LogP contribution in [0.25, 0.3) is 0 Å². The Kier molecular flexibility index (Phi) is 6.24. The molecule has 3 rings (SSSR count). The minimum absolute atomic E-state index is 0.0794. The van der Waals surface area contributed by atoms with Crippen LogP contribution in [0.2, 0.25) is 0 Å². The Labute approximate surface area is 176 Å². The maximum absolute atomic E-state index is 13.0. The number of alkyl halides is 3. The molecule has 1 aliphatic rings. The first-order valence-corrected chi connectivity index (χ1v) is 9.72. The molecule has 0 saturated carbocycles. The number of aromatic nitrogens is 2. The van der Waals surface area contributed by atoms with E-state index in [9.17, 15) is 32.9 Å². The number of nitriles is 2. The van der Waals surface area contributed by atoms with Crippen LogP contribution in [-0.2, 0) is 17.2 Å². The Balaban J connectivity index is 1.84. The van der Waals surface area contributed by atoms with Crippen LogP contribution >= 0.6 is 0 Å². The van der Waals surface area contributed by atoms with Gasteiger partial charge in [-0.2, -0.15) is 23.7 Å². The van der Waals surface area contributed by atoms with Gasteiger partial charge in [0.2, 0.25) is 5.82 Å². The third kappa shape index (κ3) is 4.65. The summed E-state index contributed by atoms with van der Waals surface area (Å²) >= 11 is 0. The fraction of sp³-hybridized carbons (Fsp3) is 0.333. The van der Waals surface area contributed by atoms with E-state index in [1.54, 1.807) is 12.1 Å². The number of benzene rings is 1. The summed E-state index contributed by atoms with van der Waals surface area (Å²) in [7, 11) is -2.12. The summed E-state index contributed by atoms with van der Waals surface area (Å²) in [5, 5.41) is 38.3. The van der Waals surface area contributed by atoms with Gasteiger partial charge in [-0.05, 0) is 18.2 Å². The lowest BCUT2D eigenvalue weighted by Crippen LogP contribution is -2.48. The zero-order valence-corrected chi connectivity index (χ0v) is 16.4. The van der Waals surface area contributed by atoms with Crippen molar-refractivity contribution in [3.05, 3.63) is 47.5 Å². The van der Waals surface area contributed by atoms with Gasteiger partial charge in [-0.3, -0.25) is 0 Å². The molecule has 2 aromatic rings. The third-order valence-corrected chi connectivity index (χ3v) is 6.03. The van der Waals surface area contributed by atoms with Gasteiger partial charge in [-0.1, -0.05) is 0 Å². The zero-order chi connectivity index (χ0) is 22.8. The lowest BCUT2D eigenvalue weighted by Gasteiger charge is -2.26. The van der Waals surface area contributed by atoms with Crippen LogP contribution in [0.1, 0.15) is 17.0 Å². The summed E-state index contributed by atoms with van der Waals surface area (Å²) in [6.45, 7) is -1.29. The van der Waals surface area contributed by atoms with Gasteiger partial charge < -0.3 is 14.9 Å². The van der Waals surface area contributed by atoms with E-state index in [0.29, 0.717) is 12.1 Å². The molecule has 0 aliphatic carbocycles. The van der Waals surface area contributed by atoms with E-state index in [1.165, 1.54) is 16.7 Å². The maximum atomic E-state index is 13.0. The average Bonchev–Trinajstić information content (AvgIpc) is 3.09. The highest BCUT2D eigenvalue weighted by molar-refractivity contribution is 7.82. The van der Waals surface area contributed by atoms with Crippen molar-refractivity contribution in [1.29, 1.82) is 10.5 Å². The van der Waals surface area contributed by atoms with Crippen molar-refractivity contribution in [2.24, 2.45) is 0 Å². The fourth-order valence-electron chi connectivity index (χ4n) is 2.94. The second kappa shape index (κ2) is 8.56. The lowest BCUT2D eigenvalue weighted by molar-refractivity contribution is -0.137. The van der Waals surface area contributed by atoms with Gasteiger partial charge in [0.25, 0.3) is 0 Å². The van der Waals surface area contributed by atoms with E-state index in [4.69, 9.17) is 10.00 Å². The van der Waals surface area contributed by atoms with Crippen LogP contribution in [0.5, 0.6) is 5.75 Å². The predicted molar refractivity (Wildman–Crippen MR) is 97.3 cm³/mol. The van der Waals surface area contributed by atoms with Crippen LogP contribution in [-0.4, -0.2) is 60.1 Å². The predicted octanol–water partition coefficient (Wildman–Crippen LogP) is 0.748. The van der Waals surface area contributed by atoms with Crippen LogP contribution in [0.15, 0.2) is 35.5 Å². The zero-order valence-electron chi connectivity index (χ0n) is 15.6. The van der Waals surface area contributed by atoms with Crippen molar-refractivity contribution in [3.63, 3.8) is 0 Å². The Morgan fingerprint density at radius 3 is 2.52 bits per heavy atom.